The summed E-state index contributed by atoms with van der Waals surface area (Å²) in [4.78, 5) is 7.58. The molecule has 1 aromatic rings. The van der Waals surface area contributed by atoms with E-state index in [9.17, 15) is 5.11 Å². The Kier molecular flexibility index (Phi) is 2.95. The lowest BCUT2D eigenvalue weighted by atomic mass is 10.2. The molecule has 0 aliphatic carbocycles. The van der Waals surface area contributed by atoms with Gasteiger partial charge >= 0.3 is 0 Å². The quantitative estimate of drug-likeness (QED) is 0.627. The maximum atomic E-state index is 9.38. The van der Waals surface area contributed by atoms with Crippen LogP contribution in [0.4, 0.5) is 0 Å². The summed E-state index contributed by atoms with van der Waals surface area (Å²) < 4.78 is 0. The Balaban J connectivity index is 2.61. The summed E-state index contributed by atoms with van der Waals surface area (Å²) >= 11 is 0. The zero-order valence-corrected chi connectivity index (χ0v) is 6.36. The van der Waals surface area contributed by atoms with E-state index in [-0.39, 0.29) is 0 Å². The van der Waals surface area contributed by atoms with Gasteiger partial charge in [0.2, 0.25) is 0 Å². The van der Waals surface area contributed by atoms with Gasteiger partial charge in [0.05, 0.1) is 6.10 Å². The lowest BCUT2D eigenvalue weighted by Crippen LogP contribution is -2.16. The van der Waals surface area contributed by atoms with E-state index in [1.54, 1.807) is 19.4 Å². The number of aliphatic hydroxyl groups is 1. The van der Waals surface area contributed by atoms with Crippen LogP contribution in [0.15, 0.2) is 18.7 Å². The van der Waals surface area contributed by atoms with Gasteiger partial charge in [0.15, 0.2) is 0 Å². The zero-order valence-electron chi connectivity index (χ0n) is 6.36. The monoisotopic (exact) mass is 153 g/mol. The predicted octanol–water partition coefficient (Wildman–Crippen LogP) is -0.271. The average Bonchev–Trinajstić information content (AvgIpc) is 2.07. The van der Waals surface area contributed by atoms with Gasteiger partial charge in [0.25, 0.3) is 0 Å². The van der Waals surface area contributed by atoms with Crippen molar-refractivity contribution in [1.29, 1.82) is 0 Å². The van der Waals surface area contributed by atoms with Crippen molar-refractivity contribution in [2.75, 3.05) is 13.6 Å². The van der Waals surface area contributed by atoms with Crippen LogP contribution in [0.1, 0.15) is 11.7 Å². The van der Waals surface area contributed by atoms with Crippen molar-refractivity contribution < 1.29 is 5.11 Å². The molecule has 0 saturated carbocycles. The molecule has 0 bridgehead atoms. The molecule has 0 saturated heterocycles. The van der Waals surface area contributed by atoms with Gasteiger partial charge in [-0.3, -0.25) is 0 Å². The molecule has 0 aliphatic rings. The molecule has 4 nitrogen and oxygen atoms in total. The molecule has 0 amide bonds. The average molecular weight is 153 g/mol. The van der Waals surface area contributed by atoms with Crippen molar-refractivity contribution in [1.82, 2.24) is 15.3 Å². The van der Waals surface area contributed by atoms with Gasteiger partial charge in [0.1, 0.15) is 6.33 Å². The normalized spacial score (nSPS) is 12.9. The Hall–Kier alpha value is -1.00. The summed E-state index contributed by atoms with van der Waals surface area (Å²) in [6, 6.07) is 0. The molecule has 1 aromatic heterocycles. The number of aromatic nitrogens is 2. The summed E-state index contributed by atoms with van der Waals surface area (Å²) in [6.07, 6.45) is 4.14. The minimum Gasteiger partial charge on any atom is -0.387 e. The van der Waals surface area contributed by atoms with Gasteiger partial charge in [0, 0.05) is 24.5 Å². The number of nitrogens with one attached hydrogen (secondary N) is 1. The molecular formula is C7H11N3O. The Morgan fingerprint density at radius 2 is 2.18 bits per heavy atom. The maximum absolute atomic E-state index is 9.38. The van der Waals surface area contributed by atoms with Gasteiger partial charge < -0.3 is 10.4 Å². The van der Waals surface area contributed by atoms with Crippen LogP contribution in [-0.2, 0) is 0 Å². The highest BCUT2D eigenvalue weighted by Crippen LogP contribution is 2.06. The largest absolute Gasteiger partial charge is 0.387 e. The first-order valence-corrected chi connectivity index (χ1v) is 3.42. The Bertz CT molecular complexity index is 202. The van der Waals surface area contributed by atoms with E-state index in [0.717, 1.165) is 5.56 Å². The Labute approximate surface area is 65.3 Å². The smallest absolute Gasteiger partial charge is 0.115 e. The molecular weight excluding hydrogens is 142 g/mol. The van der Waals surface area contributed by atoms with E-state index >= 15 is 0 Å². The summed E-state index contributed by atoms with van der Waals surface area (Å²) in [7, 11) is 1.78. The van der Waals surface area contributed by atoms with Crippen LogP contribution in [0, 0.1) is 0 Å². The van der Waals surface area contributed by atoms with Crippen molar-refractivity contribution in [2.45, 2.75) is 6.10 Å². The summed E-state index contributed by atoms with van der Waals surface area (Å²) in [5.74, 6) is 0. The van der Waals surface area contributed by atoms with E-state index in [2.05, 4.69) is 15.3 Å². The van der Waals surface area contributed by atoms with Crippen molar-refractivity contribution in [2.24, 2.45) is 0 Å². The third-order valence-corrected chi connectivity index (χ3v) is 1.36. The van der Waals surface area contributed by atoms with E-state index < -0.39 is 6.10 Å². The molecule has 1 rings (SSSR count). The van der Waals surface area contributed by atoms with Crippen molar-refractivity contribution in [3.63, 3.8) is 0 Å². The highest BCUT2D eigenvalue weighted by atomic mass is 16.3. The first-order chi connectivity index (χ1) is 5.34. The van der Waals surface area contributed by atoms with E-state index in [0.29, 0.717) is 6.54 Å². The van der Waals surface area contributed by atoms with Crippen molar-refractivity contribution in [3.05, 3.63) is 24.3 Å². The van der Waals surface area contributed by atoms with Crippen LogP contribution >= 0.6 is 0 Å². The van der Waals surface area contributed by atoms with Crippen molar-refractivity contribution in [3.8, 4) is 0 Å². The summed E-state index contributed by atoms with van der Waals surface area (Å²) in [6.45, 7) is 0.521. The molecule has 2 N–H and O–H groups in total. The predicted molar refractivity (Wildman–Crippen MR) is 40.9 cm³/mol. The minimum atomic E-state index is -0.513. The minimum absolute atomic E-state index is 0.513. The second-order valence-electron chi connectivity index (χ2n) is 2.25. The van der Waals surface area contributed by atoms with Crippen LogP contribution in [0.5, 0.6) is 0 Å². The number of aliphatic hydroxyl groups excluding tert-OH is 1. The summed E-state index contributed by atoms with van der Waals surface area (Å²) in [5, 5.41) is 12.2. The third kappa shape index (κ3) is 2.25. The van der Waals surface area contributed by atoms with E-state index in [1.165, 1.54) is 6.33 Å². The fourth-order valence-corrected chi connectivity index (χ4v) is 0.794. The van der Waals surface area contributed by atoms with Gasteiger partial charge in [-0.25, -0.2) is 9.97 Å². The fourth-order valence-electron chi connectivity index (χ4n) is 0.794. The van der Waals surface area contributed by atoms with Crippen LogP contribution in [0.25, 0.3) is 0 Å². The number of hydrogen-bond donors (Lipinski definition) is 2. The first-order valence-electron chi connectivity index (χ1n) is 3.42. The molecule has 11 heavy (non-hydrogen) atoms. The van der Waals surface area contributed by atoms with Crippen molar-refractivity contribution >= 4 is 0 Å². The highest BCUT2D eigenvalue weighted by Gasteiger charge is 2.04. The molecule has 0 radical (unpaired) electrons. The van der Waals surface area contributed by atoms with Crippen LogP contribution in [0.3, 0.4) is 0 Å². The molecule has 0 spiro atoms. The highest BCUT2D eigenvalue weighted by molar-refractivity contribution is 5.06. The standard InChI is InChI=1S/C7H11N3O/c1-8-4-7(11)6-2-9-5-10-3-6/h2-3,5,7-8,11H,4H2,1H3. The van der Waals surface area contributed by atoms with Crippen LogP contribution in [-0.4, -0.2) is 28.7 Å². The van der Waals surface area contributed by atoms with Crippen LogP contribution < -0.4 is 5.32 Å². The second kappa shape index (κ2) is 4.00. The van der Waals surface area contributed by atoms with Gasteiger partial charge in [-0.2, -0.15) is 0 Å². The molecule has 0 aliphatic heterocycles. The number of hydrogen-bond acceptors (Lipinski definition) is 4. The molecule has 1 heterocycles. The molecule has 0 aromatic carbocycles. The Morgan fingerprint density at radius 1 is 1.55 bits per heavy atom. The number of rotatable bonds is 3. The number of likely N-dealkylation sites (N-methyl/N-ethyl adjacent to an activating group) is 1. The third-order valence-electron chi connectivity index (χ3n) is 1.36. The second-order valence-corrected chi connectivity index (χ2v) is 2.25. The molecule has 1 atom stereocenters. The molecule has 0 fully saturated rings. The lowest BCUT2D eigenvalue weighted by molar-refractivity contribution is 0.177. The van der Waals surface area contributed by atoms with E-state index in [1.807, 2.05) is 0 Å². The Morgan fingerprint density at radius 3 is 2.73 bits per heavy atom. The fraction of sp³-hybridized carbons (Fsp3) is 0.429. The van der Waals surface area contributed by atoms with E-state index in [4.69, 9.17) is 0 Å². The first kappa shape index (κ1) is 8.10. The topological polar surface area (TPSA) is 58.0 Å². The number of nitrogens with zero attached hydrogens (tertiary/aromatic N) is 2. The lowest BCUT2D eigenvalue weighted by Gasteiger charge is -2.07. The summed E-state index contributed by atoms with van der Waals surface area (Å²) in [5.41, 5.74) is 0.738. The zero-order chi connectivity index (χ0) is 8.10. The molecule has 4 heteroatoms. The molecule has 1 unspecified atom stereocenters. The van der Waals surface area contributed by atoms with Gasteiger partial charge in [-0.05, 0) is 7.05 Å². The van der Waals surface area contributed by atoms with Gasteiger partial charge in [-0.1, -0.05) is 0 Å². The van der Waals surface area contributed by atoms with Gasteiger partial charge in [-0.15, -0.1) is 0 Å². The van der Waals surface area contributed by atoms with Crippen LogP contribution in [0.2, 0.25) is 0 Å². The SMILES string of the molecule is CNCC(O)c1cncnc1. The molecule has 60 valence electrons. The maximum Gasteiger partial charge on any atom is 0.115 e.